The zero-order valence-corrected chi connectivity index (χ0v) is 8.33. The Balaban J connectivity index is 2.09. The Labute approximate surface area is 78.9 Å². The van der Waals surface area contributed by atoms with Crippen molar-refractivity contribution < 1.29 is 8.42 Å². The second-order valence-electron chi connectivity index (χ2n) is 4.57. The zero-order valence-electron chi connectivity index (χ0n) is 7.52. The SMILES string of the molecule is O=S1(=O)CCC2C1[C@H]1C=C[C@@H]2CC1. The van der Waals surface area contributed by atoms with Crippen molar-refractivity contribution in [1.82, 2.24) is 0 Å². The standard InChI is InChI=1S/C10H14O2S/c11-13(12)6-5-9-7-1-3-8(4-2-7)10(9)13/h1,3,7-10H,2,4-6H2/t7-,8+,9?,10?/m1/s1. The normalized spacial score (nSPS) is 50.8. The molecular weight excluding hydrogens is 184 g/mol. The van der Waals surface area contributed by atoms with Crippen molar-refractivity contribution >= 4 is 9.84 Å². The third-order valence-electron chi connectivity index (χ3n) is 3.98. The van der Waals surface area contributed by atoms with Crippen LogP contribution in [0.15, 0.2) is 12.2 Å². The van der Waals surface area contributed by atoms with Crippen molar-refractivity contribution in [2.45, 2.75) is 24.5 Å². The summed E-state index contributed by atoms with van der Waals surface area (Å²) in [5.41, 5.74) is 0. The van der Waals surface area contributed by atoms with E-state index in [0.29, 0.717) is 23.5 Å². The predicted molar refractivity (Wildman–Crippen MR) is 51.0 cm³/mol. The lowest BCUT2D eigenvalue weighted by molar-refractivity contribution is 0.234. The molecule has 2 nitrogen and oxygen atoms in total. The summed E-state index contributed by atoms with van der Waals surface area (Å²) >= 11 is 0. The van der Waals surface area contributed by atoms with Crippen LogP contribution in [0.1, 0.15) is 19.3 Å². The minimum Gasteiger partial charge on any atom is -0.229 e. The van der Waals surface area contributed by atoms with Crippen molar-refractivity contribution in [3.05, 3.63) is 12.2 Å². The van der Waals surface area contributed by atoms with E-state index in [-0.39, 0.29) is 5.25 Å². The van der Waals surface area contributed by atoms with Crippen LogP contribution < -0.4 is 0 Å². The van der Waals surface area contributed by atoms with Crippen molar-refractivity contribution in [2.75, 3.05) is 5.75 Å². The Morgan fingerprint density at radius 3 is 2.31 bits per heavy atom. The zero-order chi connectivity index (χ0) is 9.05. The Morgan fingerprint density at radius 2 is 1.69 bits per heavy atom. The smallest absolute Gasteiger partial charge is 0.154 e. The molecule has 0 amide bonds. The lowest BCUT2D eigenvalue weighted by atomic mass is 9.68. The molecule has 13 heavy (non-hydrogen) atoms. The number of hydrogen-bond acceptors (Lipinski definition) is 2. The predicted octanol–water partition coefficient (Wildman–Crippen LogP) is 1.39. The van der Waals surface area contributed by atoms with Crippen molar-refractivity contribution in [2.24, 2.45) is 17.8 Å². The average Bonchev–Trinajstić information content (AvgIpc) is 2.47. The highest BCUT2D eigenvalue weighted by molar-refractivity contribution is 7.92. The van der Waals surface area contributed by atoms with E-state index in [1.54, 1.807) is 0 Å². The Bertz CT molecular complexity index is 355. The molecule has 0 spiro atoms. The maximum atomic E-state index is 11.8. The number of sulfone groups is 1. The first kappa shape index (κ1) is 8.04. The van der Waals surface area contributed by atoms with Gasteiger partial charge in [0.05, 0.1) is 11.0 Å². The molecule has 0 N–H and O–H groups in total. The molecule has 2 fully saturated rings. The average molecular weight is 198 g/mol. The van der Waals surface area contributed by atoms with E-state index in [1.165, 1.54) is 6.42 Å². The Morgan fingerprint density at radius 1 is 1.00 bits per heavy atom. The molecule has 3 aliphatic carbocycles. The van der Waals surface area contributed by atoms with Crippen LogP contribution in [-0.4, -0.2) is 19.4 Å². The van der Waals surface area contributed by atoms with Gasteiger partial charge in [0.15, 0.2) is 9.84 Å². The van der Waals surface area contributed by atoms with Crippen LogP contribution in [0.25, 0.3) is 0 Å². The van der Waals surface area contributed by atoms with E-state index in [9.17, 15) is 8.42 Å². The summed E-state index contributed by atoms with van der Waals surface area (Å²) < 4.78 is 23.5. The molecule has 72 valence electrons. The van der Waals surface area contributed by atoms with Gasteiger partial charge >= 0.3 is 0 Å². The fraction of sp³-hybridized carbons (Fsp3) is 0.800. The highest BCUT2D eigenvalue weighted by Gasteiger charge is 2.51. The highest BCUT2D eigenvalue weighted by Crippen LogP contribution is 2.49. The molecular formula is C10H14O2S. The molecule has 0 aromatic heterocycles. The molecule has 1 saturated heterocycles. The van der Waals surface area contributed by atoms with Gasteiger partial charge in [0, 0.05) is 0 Å². The minimum absolute atomic E-state index is 0.00347. The number of fused-ring (bicyclic) bond motifs is 1. The summed E-state index contributed by atoms with van der Waals surface area (Å²) in [6, 6.07) is 0. The van der Waals surface area contributed by atoms with Gasteiger partial charge in [-0.05, 0) is 37.0 Å². The second kappa shape index (κ2) is 2.38. The monoisotopic (exact) mass is 198 g/mol. The third-order valence-corrected chi connectivity index (χ3v) is 6.32. The summed E-state index contributed by atoms with van der Waals surface area (Å²) in [6.07, 6.45) is 7.65. The van der Waals surface area contributed by atoms with Crippen LogP contribution in [0.5, 0.6) is 0 Å². The molecule has 3 heteroatoms. The van der Waals surface area contributed by atoms with Gasteiger partial charge in [-0.2, -0.15) is 0 Å². The molecule has 0 aromatic rings. The van der Waals surface area contributed by atoms with Crippen LogP contribution in [0, 0.1) is 17.8 Å². The van der Waals surface area contributed by atoms with E-state index in [1.807, 2.05) is 0 Å². The molecule has 0 radical (unpaired) electrons. The van der Waals surface area contributed by atoms with Gasteiger partial charge in [-0.15, -0.1) is 0 Å². The minimum atomic E-state index is -2.73. The molecule has 0 aromatic carbocycles. The van der Waals surface area contributed by atoms with E-state index in [0.717, 1.165) is 12.8 Å². The van der Waals surface area contributed by atoms with E-state index in [4.69, 9.17) is 0 Å². The van der Waals surface area contributed by atoms with E-state index >= 15 is 0 Å². The second-order valence-corrected chi connectivity index (χ2v) is 6.85. The van der Waals surface area contributed by atoms with Gasteiger partial charge in [0.25, 0.3) is 0 Å². The molecule has 4 aliphatic rings. The molecule has 1 heterocycles. The fourth-order valence-electron chi connectivity index (χ4n) is 3.40. The Hall–Kier alpha value is -0.310. The van der Waals surface area contributed by atoms with Gasteiger partial charge in [-0.25, -0.2) is 8.42 Å². The summed E-state index contributed by atoms with van der Waals surface area (Å²) in [7, 11) is -2.73. The van der Waals surface area contributed by atoms with Crippen molar-refractivity contribution in [3.8, 4) is 0 Å². The Kier molecular flexibility index (Phi) is 1.47. The maximum absolute atomic E-state index is 11.8. The summed E-state index contributed by atoms with van der Waals surface area (Å²) in [5, 5.41) is -0.00347. The first-order valence-corrected chi connectivity index (χ1v) is 6.80. The molecule has 1 aliphatic heterocycles. The summed E-state index contributed by atoms with van der Waals surface area (Å²) in [6.45, 7) is 0. The topological polar surface area (TPSA) is 34.1 Å². The summed E-state index contributed by atoms with van der Waals surface area (Å²) in [4.78, 5) is 0. The van der Waals surface area contributed by atoms with Crippen LogP contribution in [0.3, 0.4) is 0 Å². The lowest BCUT2D eigenvalue weighted by Crippen LogP contribution is -2.40. The first-order chi connectivity index (χ1) is 6.18. The molecule has 2 bridgehead atoms. The van der Waals surface area contributed by atoms with Gasteiger partial charge in [0.2, 0.25) is 0 Å². The van der Waals surface area contributed by atoms with Crippen molar-refractivity contribution in [1.29, 1.82) is 0 Å². The number of rotatable bonds is 0. The molecule has 1 saturated carbocycles. The van der Waals surface area contributed by atoms with Gasteiger partial charge in [0.1, 0.15) is 0 Å². The van der Waals surface area contributed by atoms with Crippen molar-refractivity contribution in [3.63, 3.8) is 0 Å². The van der Waals surface area contributed by atoms with E-state index in [2.05, 4.69) is 12.2 Å². The lowest BCUT2D eigenvalue weighted by Gasteiger charge is -2.40. The molecule has 4 atom stereocenters. The van der Waals surface area contributed by atoms with Crippen LogP contribution >= 0.6 is 0 Å². The van der Waals surface area contributed by atoms with E-state index < -0.39 is 9.84 Å². The van der Waals surface area contributed by atoms with Crippen LogP contribution in [0.2, 0.25) is 0 Å². The fourth-order valence-corrected chi connectivity index (χ4v) is 5.90. The third kappa shape index (κ3) is 0.967. The highest BCUT2D eigenvalue weighted by atomic mass is 32.2. The molecule has 4 rings (SSSR count). The van der Waals surface area contributed by atoms with Gasteiger partial charge in [-0.3, -0.25) is 0 Å². The number of hydrogen-bond donors (Lipinski definition) is 0. The quantitative estimate of drug-likeness (QED) is 0.551. The maximum Gasteiger partial charge on any atom is 0.154 e. The largest absolute Gasteiger partial charge is 0.229 e. The first-order valence-electron chi connectivity index (χ1n) is 5.08. The van der Waals surface area contributed by atoms with Gasteiger partial charge in [-0.1, -0.05) is 12.2 Å². The number of allylic oxidation sites excluding steroid dienone is 2. The summed E-state index contributed by atoms with van der Waals surface area (Å²) in [5.74, 6) is 1.83. The molecule has 2 unspecified atom stereocenters. The van der Waals surface area contributed by atoms with Gasteiger partial charge < -0.3 is 0 Å². The van der Waals surface area contributed by atoms with Crippen LogP contribution in [0.4, 0.5) is 0 Å². The van der Waals surface area contributed by atoms with Crippen LogP contribution in [-0.2, 0) is 9.84 Å².